The topological polar surface area (TPSA) is 12.0 Å². The van der Waals surface area contributed by atoms with Crippen LogP contribution in [0.3, 0.4) is 0 Å². The SMILES string of the molecule is CC(C)(C)c1ccc(Nc2cc(C(C)(C)C)cc(Cl)c2Cl)cc1. The zero-order chi connectivity index (χ0) is 17.4. The summed E-state index contributed by atoms with van der Waals surface area (Å²) < 4.78 is 0. The first-order valence-corrected chi connectivity index (χ1v) is 8.61. The van der Waals surface area contributed by atoms with Crippen LogP contribution < -0.4 is 5.32 Å². The zero-order valence-corrected chi connectivity index (χ0v) is 16.2. The molecule has 0 amide bonds. The molecule has 3 heteroatoms. The Morgan fingerprint density at radius 3 is 1.74 bits per heavy atom. The van der Waals surface area contributed by atoms with Crippen LogP contribution >= 0.6 is 23.2 Å². The maximum atomic E-state index is 6.37. The third-order valence-electron chi connectivity index (χ3n) is 3.92. The van der Waals surface area contributed by atoms with Crippen molar-refractivity contribution in [1.29, 1.82) is 0 Å². The van der Waals surface area contributed by atoms with Crippen LogP contribution in [-0.2, 0) is 10.8 Å². The molecule has 0 unspecified atom stereocenters. The first-order chi connectivity index (χ1) is 10.5. The number of anilines is 2. The predicted octanol–water partition coefficient (Wildman–Crippen LogP) is 7.33. The van der Waals surface area contributed by atoms with Gasteiger partial charge < -0.3 is 5.32 Å². The lowest BCUT2D eigenvalue weighted by molar-refractivity contribution is 0.590. The number of benzene rings is 2. The number of hydrogen-bond donors (Lipinski definition) is 1. The maximum absolute atomic E-state index is 6.37. The molecule has 2 aromatic rings. The molecule has 1 N–H and O–H groups in total. The van der Waals surface area contributed by atoms with E-state index in [0.717, 1.165) is 16.9 Å². The van der Waals surface area contributed by atoms with Crippen molar-refractivity contribution in [2.75, 3.05) is 5.32 Å². The summed E-state index contributed by atoms with van der Waals surface area (Å²) in [6, 6.07) is 12.5. The van der Waals surface area contributed by atoms with Gasteiger partial charge >= 0.3 is 0 Å². The fraction of sp³-hybridized carbons (Fsp3) is 0.400. The van der Waals surface area contributed by atoms with E-state index in [2.05, 4.69) is 77.2 Å². The lowest BCUT2D eigenvalue weighted by Gasteiger charge is -2.22. The van der Waals surface area contributed by atoms with Gasteiger partial charge in [0, 0.05) is 5.69 Å². The second kappa shape index (κ2) is 6.37. The second-order valence-electron chi connectivity index (χ2n) is 8.02. The van der Waals surface area contributed by atoms with Crippen molar-refractivity contribution in [3.63, 3.8) is 0 Å². The van der Waals surface area contributed by atoms with Gasteiger partial charge in [0.25, 0.3) is 0 Å². The third kappa shape index (κ3) is 4.43. The summed E-state index contributed by atoms with van der Waals surface area (Å²) in [5, 5.41) is 4.52. The molecule has 124 valence electrons. The van der Waals surface area contributed by atoms with E-state index in [9.17, 15) is 0 Å². The molecule has 0 radical (unpaired) electrons. The largest absolute Gasteiger partial charge is 0.354 e. The molecule has 1 nitrogen and oxygen atoms in total. The number of hydrogen-bond acceptors (Lipinski definition) is 1. The normalized spacial score (nSPS) is 12.3. The van der Waals surface area contributed by atoms with E-state index >= 15 is 0 Å². The van der Waals surface area contributed by atoms with Crippen LogP contribution in [0.1, 0.15) is 52.7 Å². The summed E-state index contributed by atoms with van der Waals surface area (Å²) in [5.74, 6) is 0. The first kappa shape index (κ1) is 18.2. The van der Waals surface area contributed by atoms with Crippen LogP contribution in [0, 0.1) is 0 Å². The third-order valence-corrected chi connectivity index (χ3v) is 4.73. The molecule has 0 atom stereocenters. The molecule has 0 saturated carbocycles. The molecule has 2 aromatic carbocycles. The quantitative estimate of drug-likeness (QED) is 0.598. The molecular weight excluding hydrogens is 325 g/mol. The Morgan fingerprint density at radius 2 is 1.26 bits per heavy atom. The number of halogens is 2. The summed E-state index contributed by atoms with van der Waals surface area (Å²) >= 11 is 12.7. The van der Waals surface area contributed by atoms with Gasteiger partial charge in [-0.3, -0.25) is 0 Å². The van der Waals surface area contributed by atoms with Crippen molar-refractivity contribution in [3.8, 4) is 0 Å². The molecule has 2 rings (SSSR count). The van der Waals surface area contributed by atoms with E-state index in [-0.39, 0.29) is 10.8 Å². The highest BCUT2D eigenvalue weighted by molar-refractivity contribution is 6.43. The minimum absolute atomic E-state index is 0.0146. The fourth-order valence-electron chi connectivity index (χ4n) is 2.32. The highest BCUT2D eigenvalue weighted by Crippen LogP contribution is 2.37. The molecule has 0 bridgehead atoms. The summed E-state index contributed by atoms with van der Waals surface area (Å²) in [6.07, 6.45) is 0. The summed E-state index contributed by atoms with van der Waals surface area (Å²) in [7, 11) is 0. The van der Waals surface area contributed by atoms with Gasteiger partial charge in [0.15, 0.2) is 0 Å². The molecule has 23 heavy (non-hydrogen) atoms. The van der Waals surface area contributed by atoms with Crippen molar-refractivity contribution in [2.45, 2.75) is 52.4 Å². The highest BCUT2D eigenvalue weighted by Gasteiger charge is 2.18. The summed E-state index contributed by atoms with van der Waals surface area (Å²) in [5.41, 5.74) is 4.46. The second-order valence-corrected chi connectivity index (χ2v) is 8.81. The Labute approximate surface area is 150 Å². The van der Waals surface area contributed by atoms with E-state index < -0.39 is 0 Å². The fourth-order valence-corrected chi connectivity index (χ4v) is 2.70. The molecule has 0 fully saturated rings. The monoisotopic (exact) mass is 349 g/mol. The molecular formula is C20H25Cl2N. The van der Waals surface area contributed by atoms with E-state index in [1.165, 1.54) is 5.56 Å². The Morgan fingerprint density at radius 1 is 0.739 bits per heavy atom. The predicted molar refractivity (Wildman–Crippen MR) is 104 cm³/mol. The highest BCUT2D eigenvalue weighted by atomic mass is 35.5. The zero-order valence-electron chi connectivity index (χ0n) is 14.7. The van der Waals surface area contributed by atoms with Crippen LogP contribution in [0.5, 0.6) is 0 Å². The minimum atomic E-state index is 0.0146. The summed E-state index contributed by atoms with van der Waals surface area (Å²) in [4.78, 5) is 0. The van der Waals surface area contributed by atoms with E-state index in [1.54, 1.807) is 0 Å². The standard InChI is InChI=1S/C20H25Cl2N/c1-19(2,3)13-7-9-15(10-8-13)23-17-12-14(20(4,5)6)11-16(21)18(17)22/h7-12,23H,1-6H3. The molecule has 0 heterocycles. The molecule has 0 aliphatic rings. The molecule has 0 saturated heterocycles. The van der Waals surface area contributed by atoms with Gasteiger partial charge in [0.05, 0.1) is 15.7 Å². The van der Waals surface area contributed by atoms with Crippen LogP contribution in [-0.4, -0.2) is 0 Å². The Balaban J connectivity index is 2.35. The van der Waals surface area contributed by atoms with E-state index in [0.29, 0.717) is 10.0 Å². The average Bonchev–Trinajstić information content (AvgIpc) is 2.42. The van der Waals surface area contributed by atoms with Gasteiger partial charge in [-0.15, -0.1) is 0 Å². The summed E-state index contributed by atoms with van der Waals surface area (Å²) in [6.45, 7) is 13.1. The van der Waals surface area contributed by atoms with Crippen molar-refractivity contribution >= 4 is 34.6 Å². The first-order valence-electron chi connectivity index (χ1n) is 7.85. The van der Waals surface area contributed by atoms with Crippen LogP contribution in [0.15, 0.2) is 36.4 Å². The van der Waals surface area contributed by atoms with Crippen LogP contribution in [0.2, 0.25) is 10.0 Å². The van der Waals surface area contributed by atoms with Crippen LogP contribution in [0.4, 0.5) is 11.4 Å². The van der Waals surface area contributed by atoms with E-state index in [4.69, 9.17) is 23.2 Å². The maximum Gasteiger partial charge on any atom is 0.0827 e. The van der Waals surface area contributed by atoms with Gasteiger partial charge in [0.2, 0.25) is 0 Å². The van der Waals surface area contributed by atoms with Gasteiger partial charge in [-0.2, -0.15) is 0 Å². The van der Waals surface area contributed by atoms with Gasteiger partial charge in [-0.25, -0.2) is 0 Å². The van der Waals surface area contributed by atoms with Crippen molar-refractivity contribution in [2.24, 2.45) is 0 Å². The van der Waals surface area contributed by atoms with Gasteiger partial charge in [-0.05, 0) is 46.2 Å². The lowest BCUT2D eigenvalue weighted by atomic mass is 9.86. The van der Waals surface area contributed by atoms with Gasteiger partial charge in [-0.1, -0.05) is 76.9 Å². The molecule has 0 aromatic heterocycles. The van der Waals surface area contributed by atoms with Crippen molar-refractivity contribution in [3.05, 3.63) is 57.6 Å². The lowest BCUT2D eigenvalue weighted by Crippen LogP contribution is -2.12. The molecule has 0 spiro atoms. The Hall–Kier alpha value is -1.18. The van der Waals surface area contributed by atoms with Gasteiger partial charge in [0.1, 0.15) is 0 Å². The smallest absolute Gasteiger partial charge is 0.0827 e. The molecule has 0 aliphatic carbocycles. The molecule has 0 aliphatic heterocycles. The van der Waals surface area contributed by atoms with Crippen molar-refractivity contribution < 1.29 is 0 Å². The number of nitrogens with one attached hydrogen (secondary N) is 1. The van der Waals surface area contributed by atoms with Crippen molar-refractivity contribution in [1.82, 2.24) is 0 Å². The average molecular weight is 350 g/mol. The Bertz CT molecular complexity index is 689. The Kier molecular flexibility index (Phi) is 5.03. The van der Waals surface area contributed by atoms with E-state index in [1.807, 2.05) is 6.07 Å². The number of rotatable bonds is 2. The van der Waals surface area contributed by atoms with Crippen LogP contribution in [0.25, 0.3) is 0 Å². The minimum Gasteiger partial charge on any atom is -0.354 e.